The molecule has 1 aliphatic heterocycles. The number of rotatable bonds is 3. The Hall–Kier alpha value is -2.88. The number of hydrogen-bond donors (Lipinski definition) is 1. The number of urea groups is 1. The van der Waals surface area contributed by atoms with Crippen LogP contribution < -0.4 is 5.32 Å². The third-order valence-electron chi connectivity index (χ3n) is 2.90. The largest absolute Gasteiger partial charge is 0.462 e. The highest BCUT2D eigenvalue weighted by atomic mass is 16.5. The maximum Gasteiger partial charge on any atom is 0.338 e. The van der Waals surface area contributed by atoms with Crippen LogP contribution in [0, 0.1) is 11.3 Å². The topological polar surface area (TPSA) is 99.3 Å². The van der Waals surface area contributed by atoms with E-state index in [1.165, 1.54) is 29.2 Å². The van der Waals surface area contributed by atoms with Crippen LogP contribution in [0.25, 0.3) is 0 Å². The van der Waals surface area contributed by atoms with Crippen LogP contribution in [0.5, 0.6) is 0 Å². The van der Waals surface area contributed by atoms with E-state index in [4.69, 9.17) is 10.00 Å². The first-order chi connectivity index (χ1) is 10.1. The first kappa shape index (κ1) is 14.5. The third-order valence-corrected chi connectivity index (χ3v) is 2.90. The number of nitriles is 1. The summed E-state index contributed by atoms with van der Waals surface area (Å²) in [6, 6.07) is 6.63. The fraction of sp³-hybridized carbons (Fsp3) is 0.286. The lowest BCUT2D eigenvalue weighted by Gasteiger charge is -2.06. The van der Waals surface area contributed by atoms with Gasteiger partial charge in [-0.2, -0.15) is 5.26 Å². The number of carbonyl (C=O) groups excluding carboxylic acids is 3. The molecular weight excluding hydrogens is 274 g/mol. The van der Waals surface area contributed by atoms with Crippen LogP contribution >= 0.6 is 0 Å². The number of nitrogens with zero attached hydrogens (tertiary/aromatic N) is 2. The summed E-state index contributed by atoms with van der Waals surface area (Å²) in [5.74, 6) is -1.06. The van der Waals surface area contributed by atoms with Gasteiger partial charge in [-0.25, -0.2) is 9.59 Å². The lowest BCUT2D eigenvalue weighted by molar-refractivity contribution is 0.0526. The van der Waals surface area contributed by atoms with Gasteiger partial charge in [0, 0.05) is 5.56 Å². The van der Waals surface area contributed by atoms with Gasteiger partial charge >= 0.3 is 12.0 Å². The van der Waals surface area contributed by atoms with Crippen molar-refractivity contribution < 1.29 is 19.1 Å². The van der Waals surface area contributed by atoms with E-state index in [0.717, 1.165) is 0 Å². The Morgan fingerprint density at radius 2 is 1.95 bits per heavy atom. The van der Waals surface area contributed by atoms with Gasteiger partial charge in [-0.15, -0.1) is 0 Å². The minimum atomic E-state index is -0.596. The van der Waals surface area contributed by atoms with E-state index >= 15 is 0 Å². The van der Waals surface area contributed by atoms with Gasteiger partial charge in [-0.3, -0.25) is 10.1 Å². The Bertz CT molecular complexity index is 618. The lowest BCUT2D eigenvalue weighted by atomic mass is 10.1. The Morgan fingerprint density at radius 3 is 2.48 bits per heavy atom. The average Bonchev–Trinajstić information content (AvgIpc) is 3.27. The van der Waals surface area contributed by atoms with Crippen molar-refractivity contribution in [3.63, 3.8) is 0 Å². The zero-order valence-electron chi connectivity index (χ0n) is 11.3. The van der Waals surface area contributed by atoms with Crippen LogP contribution in [0.4, 0.5) is 4.79 Å². The predicted molar refractivity (Wildman–Crippen MR) is 71.4 cm³/mol. The predicted octanol–water partition coefficient (Wildman–Crippen LogP) is 0.921. The van der Waals surface area contributed by atoms with Crippen LogP contribution in [0.15, 0.2) is 24.3 Å². The van der Waals surface area contributed by atoms with E-state index < -0.39 is 23.9 Å². The molecule has 1 saturated heterocycles. The van der Waals surface area contributed by atoms with Crippen molar-refractivity contribution in [2.45, 2.75) is 13.0 Å². The van der Waals surface area contributed by atoms with Gasteiger partial charge in [-0.05, 0) is 31.2 Å². The van der Waals surface area contributed by atoms with Crippen LogP contribution in [-0.4, -0.2) is 42.0 Å². The molecule has 0 saturated carbocycles. The van der Waals surface area contributed by atoms with Gasteiger partial charge in [0.05, 0.1) is 24.8 Å². The van der Waals surface area contributed by atoms with Gasteiger partial charge < -0.3 is 9.64 Å². The minimum absolute atomic E-state index is 0.242. The number of hydrogen-bond acceptors (Lipinski definition) is 5. The molecule has 1 unspecified atom stereocenters. The van der Waals surface area contributed by atoms with E-state index in [1.54, 1.807) is 6.92 Å². The van der Waals surface area contributed by atoms with Crippen molar-refractivity contribution in [2.75, 3.05) is 13.2 Å². The van der Waals surface area contributed by atoms with Crippen LogP contribution in [0.3, 0.4) is 0 Å². The SMILES string of the molecule is CCOC(=O)c1ccc(C(=O)NC(=O)N2CC2C#N)cc1. The Balaban J connectivity index is 1.96. The van der Waals surface area contributed by atoms with Gasteiger partial charge in [0.1, 0.15) is 6.04 Å². The number of imide groups is 1. The van der Waals surface area contributed by atoms with E-state index in [2.05, 4.69) is 5.32 Å². The molecule has 0 aliphatic carbocycles. The molecule has 7 nitrogen and oxygen atoms in total. The van der Waals surface area contributed by atoms with Gasteiger partial charge in [0.2, 0.25) is 0 Å². The molecule has 1 atom stereocenters. The molecule has 108 valence electrons. The van der Waals surface area contributed by atoms with Crippen molar-refractivity contribution in [3.8, 4) is 6.07 Å². The van der Waals surface area contributed by atoms with Crippen molar-refractivity contribution >= 4 is 17.9 Å². The summed E-state index contributed by atoms with van der Waals surface area (Å²) in [5.41, 5.74) is 0.571. The summed E-state index contributed by atoms with van der Waals surface area (Å²) in [6.07, 6.45) is 0. The maximum atomic E-state index is 11.8. The number of nitrogens with one attached hydrogen (secondary N) is 1. The monoisotopic (exact) mass is 287 g/mol. The smallest absolute Gasteiger partial charge is 0.338 e. The molecule has 1 aliphatic rings. The summed E-state index contributed by atoms with van der Waals surface area (Å²) in [7, 11) is 0. The Kier molecular flexibility index (Phi) is 4.18. The van der Waals surface area contributed by atoms with Crippen LogP contribution in [0.2, 0.25) is 0 Å². The number of ether oxygens (including phenoxy) is 1. The van der Waals surface area contributed by atoms with Gasteiger partial charge in [0.25, 0.3) is 5.91 Å². The van der Waals surface area contributed by atoms with Crippen molar-refractivity contribution in [1.82, 2.24) is 10.2 Å². The summed E-state index contributed by atoms with van der Waals surface area (Å²) in [5, 5.41) is 10.8. The zero-order chi connectivity index (χ0) is 15.4. The summed E-state index contributed by atoms with van der Waals surface area (Å²) >= 11 is 0. The highest BCUT2D eigenvalue weighted by molar-refractivity contribution is 6.05. The number of benzene rings is 1. The second-order valence-electron chi connectivity index (χ2n) is 4.35. The number of amides is 3. The second-order valence-corrected chi connectivity index (χ2v) is 4.35. The summed E-state index contributed by atoms with van der Waals surface area (Å²) < 4.78 is 4.83. The maximum absolute atomic E-state index is 11.8. The van der Waals surface area contributed by atoms with Crippen molar-refractivity contribution in [2.24, 2.45) is 0 Å². The molecule has 0 bridgehead atoms. The second kappa shape index (κ2) is 6.05. The molecule has 2 rings (SSSR count). The van der Waals surface area contributed by atoms with Crippen molar-refractivity contribution in [1.29, 1.82) is 5.26 Å². The normalized spacial score (nSPS) is 15.8. The fourth-order valence-corrected chi connectivity index (χ4v) is 1.69. The summed E-state index contributed by atoms with van der Waals surface area (Å²) in [6.45, 7) is 2.30. The molecule has 3 amide bonds. The van der Waals surface area contributed by atoms with Crippen LogP contribution in [-0.2, 0) is 4.74 Å². The van der Waals surface area contributed by atoms with Gasteiger partial charge in [-0.1, -0.05) is 0 Å². The molecule has 1 N–H and O–H groups in total. The molecular formula is C14H13N3O4. The average molecular weight is 287 g/mol. The molecule has 1 aromatic rings. The quantitative estimate of drug-likeness (QED) is 0.658. The molecule has 0 spiro atoms. The summed E-state index contributed by atoms with van der Waals surface area (Å²) in [4.78, 5) is 36.1. The zero-order valence-corrected chi connectivity index (χ0v) is 11.3. The third kappa shape index (κ3) is 3.36. The molecule has 0 radical (unpaired) electrons. The fourth-order valence-electron chi connectivity index (χ4n) is 1.69. The Labute approximate surface area is 121 Å². The number of carbonyl (C=O) groups is 3. The molecule has 1 fully saturated rings. The first-order valence-corrected chi connectivity index (χ1v) is 6.35. The van der Waals surface area contributed by atoms with E-state index in [0.29, 0.717) is 12.1 Å². The van der Waals surface area contributed by atoms with E-state index in [-0.39, 0.29) is 12.2 Å². The molecule has 7 heteroatoms. The molecule has 1 aromatic carbocycles. The highest BCUT2D eigenvalue weighted by Gasteiger charge is 2.39. The van der Waals surface area contributed by atoms with E-state index in [1.807, 2.05) is 6.07 Å². The first-order valence-electron chi connectivity index (χ1n) is 6.35. The Morgan fingerprint density at radius 1 is 1.33 bits per heavy atom. The molecule has 0 aromatic heterocycles. The lowest BCUT2D eigenvalue weighted by Crippen LogP contribution is -2.34. The van der Waals surface area contributed by atoms with Gasteiger partial charge in [0.15, 0.2) is 0 Å². The van der Waals surface area contributed by atoms with E-state index in [9.17, 15) is 14.4 Å². The molecule has 21 heavy (non-hydrogen) atoms. The standard InChI is InChI=1S/C14H13N3O4/c1-2-21-13(19)10-5-3-9(4-6-10)12(18)16-14(20)17-8-11(17)7-15/h3-6,11H,2,8H2,1H3,(H,16,18,20). The molecule has 1 heterocycles. The highest BCUT2D eigenvalue weighted by Crippen LogP contribution is 2.15. The van der Waals surface area contributed by atoms with Crippen LogP contribution in [0.1, 0.15) is 27.6 Å². The minimum Gasteiger partial charge on any atom is -0.462 e. The number of esters is 1. The van der Waals surface area contributed by atoms with Crippen molar-refractivity contribution in [3.05, 3.63) is 35.4 Å².